The van der Waals surface area contributed by atoms with E-state index in [1.807, 2.05) is 6.07 Å². The zero-order chi connectivity index (χ0) is 14.7. The summed E-state index contributed by atoms with van der Waals surface area (Å²) < 4.78 is 14.7. The van der Waals surface area contributed by atoms with Gasteiger partial charge in [0, 0.05) is 22.5 Å². The Morgan fingerprint density at radius 2 is 2.15 bits per heavy atom. The van der Waals surface area contributed by atoms with E-state index < -0.39 is 0 Å². The summed E-state index contributed by atoms with van der Waals surface area (Å²) in [6.45, 7) is 4.84. The molecule has 0 saturated carbocycles. The first-order chi connectivity index (χ1) is 9.51. The first-order valence-corrected chi connectivity index (χ1v) is 7.51. The number of H-pyrrole nitrogens is 1. The van der Waals surface area contributed by atoms with E-state index in [-0.39, 0.29) is 11.7 Å². The number of rotatable bonds is 5. The summed E-state index contributed by atoms with van der Waals surface area (Å²) in [5.41, 5.74) is 7.02. The standard InChI is InChI=1S/C15H19BrFN3/c1-9(2)5-10(7-18)15-19-8-14(20-15)12-4-3-11(16)6-13(12)17/h3-4,6,8-10H,5,7,18H2,1-2H3,(H,19,20). The van der Waals surface area contributed by atoms with Gasteiger partial charge in [-0.25, -0.2) is 9.37 Å². The fourth-order valence-corrected chi connectivity index (χ4v) is 2.61. The van der Waals surface area contributed by atoms with Crippen LogP contribution in [0.15, 0.2) is 28.9 Å². The van der Waals surface area contributed by atoms with Gasteiger partial charge < -0.3 is 10.7 Å². The molecule has 0 fully saturated rings. The van der Waals surface area contributed by atoms with Gasteiger partial charge in [0.2, 0.25) is 0 Å². The third kappa shape index (κ3) is 3.46. The van der Waals surface area contributed by atoms with Crippen molar-refractivity contribution in [1.29, 1.82) is 0 Å². The predicted molar refractivity (Wildman–Crippen MR) is 82.9 cm³/mol. The molecule has 1 aromatic heterocycles. The largest absolute Gasteiger partial charge is 0.342 e. The number of halogens is 2. The first-order valence-electron chi connectivity index (χ1n) is 6.71. The highest BCUT2D eigenvalue weighted by Gasteiger charge is 2.16. The van der Waals surface area contributed by atoms with Crippen molar-refractivity contribution in [2.24, 2.45) is 11.7 Å². The number of nitrogens with zero attached hydrogens (tertiary/aromatic N) is 1. The number of aromatic nitrogens is 2. The van der Waals surface area contributed by atoms with Gasteiger partial charge >= 0.3 is 0 Å². The van der Waals surface area contributed by atoms with Crippen molar-refractivity contribution < 1.29 is 4.39 Å². The highest BCUT2D eigenvalue weighted by atomic mass is 79.9. The zero-order valence-corrected chi connectivity index (χ0v) is 13.2. The molecule has 0 radical (unpaired) electrons. The summed E-state index contributed by atoms with van der Waals surface area (Å²) >= 11 is 3.25. The molecule has 2 aromatic rings. The minimum atomic E-state index is -0.275. The summed E-state index contributed by atoms with van der Waals surface area (Å²) in [6, 6.07) is 4.99. The van der Waals surface area contributed by atoms with Crippen molar-refractivity contribution in [3.63, 3.8) is 0 Å². The molecule has 0 aliphatic carbocycles. The van der Waals surface area contributed by atoms with E-state index in [2.05, 4.69) is 39.7 Å². The van der Waals surface area contributed by atoms with Crippen LogP contribution in [0.2, 0.25) is 0 Å². The summed E-state index contributed by atoms with van der Waals surface area (Å²) in [6.07, 6.45) is 2.64. The van der Waals surface area contributed by atoms with Gasteiger partial charge in [0.15, 0.2) is 0 Å². The van der Waals surface area contributed by atoms with E-state index in [4.69, 9.17) is 5.73 Å². The molecule has 0 spiro atoms. The van der Waals surface area contributed by atoms with E-state index >= 15 is 0 Å². The van der Waals surface area contributed by atoms with Crippen molar-refractivity contribution in [1.82, 2.24) is 9.97 Å². The summed E-state index contributed by atoms with van der Waals surface area (Å²) in [5, 5.41) is 0. The second-order valence-corrected chi connectivity index (χ2v) is 6.28. The Labute approximate surface area is 126 Å². The van der Waals surface area contributed by atoms with Crippen LogP contribution in [0.1, 0.15) is 32.0 Å². The number of nitrogens with two attached hydrogens (primary N) is 1. The molecule has 1 aromatic carbocycles. The van der Waals surface area contributed by atoms with Crippen molar-refractivity contribution in [3.8, 4) is 11.3 Å². The smallest absolute Gasteiger partial charge is 0.133 e. The number of benzene rings is 1. The summed E-state index contributed by atoms with van der Waals surface area (Å²) in [7, 11) is 0. The van der Waals surface area contributed by atoms with Crippen LogP contribution in [-0.2, 0) is 0 Å². The fourth-order valence-electron chi connectivity index (χ4n) is 2.28. The van der Waals surface area contributed by atoms with Crippen LogP contribution in [0.25, 0.3) is 11.3 Å². The van der Waals surface area contributed by atoms with Gasteiger partial charge in [-0.1, -0.05) is 29.8 Å². The minimum absolute atomic E-state index is 0.183. The van der Waals surface area contributed by atoms with Crippen molar-refractivity contribution >= 4 is 15.9 Å². The highest BCUT2D eigenvalue weighted by Crippen LogP contribution is 2.27. The van der Waals surface area contributed by atoms with Gasteiger partial charge in [-0.2, -0.15) is 0 Å². The maximum Gasteiger partial charge on any atom is 0.133 e. The molecule has 1 atom stereocenters. The van der Waals surface area contributed by atoms with E-state index in [1.54, 1.807) is 12.3 Å². The maximum atomic E-state index is 13.9. The van der Waals surface area contributed by atoms with E-state index in [1.165, 1.54) is 6.07 Å². The molecule has 0 aliphatic heterocycles. The molecule has 0 saturated heterocycles. The summed E-state index contributed by atoms with van der Waals surface area (Å²) in [4.78, 5) is 7.57. The number of hydrogen-bond donors (Lipinski definition) is 2. The lowest BCUT2D eigenvalue weighted by atomic mass is 9.97. The Morgan fingerprint density at radius 1 is 1.40 bits per heavy atom. The average molecular weight is 340 g/mol. The molecule has 0 bridgehead atoms. The molecular formula is C15H19BrFN3. The fraction of sp³-hybridized carbons (Fsp3) is 0.400. The number of nitrogens with one attached hydrogen (secondary N) is 1. The molecule has 0 amide bonds. The molecule has 3 N–H and O–H groups in total. The summed E-state index contributed by atoms with van der Waals surface area (Å²) in [5.74, 6) is 1.28. The predicted octanol–water partition coefficient (Wildman–Crippen LogP) is 4.07. The number of hydrogen-bond acceptors (Lipinski definition) is 2. The van der Waals surface area contributed by atoms with Gasteiger partial charge in [-0.3, -0.25) is 0 Å². The molecule has 1 heterocycles. The Balaban J connectivity index is 2.27. The number of aromatic amines is 1. The van der Waals surface area contributed by atoms with Gasteiger partial charge in [0.25, 0.3) is 0 Å². The third-order valence-corrected chi connectivity index (χ3v) is 3.74. The lowest BCUT2D eigenvalue weighted by molar-refractivity contribution is 0.490. The van der Waals surface area contributed by atoms with Gasteiger partial charge in [-0.05, 0) is 30.5 Å². The van der Waals surface area contributed by atoms with E-state index in [9.17, 15) is 4.39 Å². The Kier molecular flexibility index (Phi) is 4.94. The van der Waals surface area contributed by atoms with Crippen LogP contribution >= 0.6 is 15.9 Å². The lowest BCUT2D eigenvalue weighted by Crippen LogP contribution is -2.16. The monoisotopic (exact) mass is 339 g/mol. The molecule has 0 aliphatic rings. The van der Waals surface area contributed by atoms with Crippen LogP contribution in [0, 0.1) is 11.7 Å². The Hall–Kier alpha value is -1.20. The van der Waals surface area contributed by atoms with Crippen molar-refractivity contribution in [2.75, 3.05) is 6.54 Å². The third-order valence-electron chi connectivity index (χ3n) is 3.24. The van der Waals surface area contributed by atoms with Gasteiger partial charge in [0.1, 0.15) is 11.6 Å². The molecule has 1 unspecified atom stereocenters. The lowest BCUT2D eigenvalue weighted by Gasteiger charge is -2.14. The number of imidazole rings is 1. The van der Waals surface area contributed by atoms with Crippen LogP contribution in [-0.4, -0.2) is 16.5 Å². The molecule has 3 nitrogen and oxygen atoms in total. The second-order valence-electron chi connectivity index (χ2n) is 5.37. The molecule has 2 rings (SSSR count). The second kappa shape index (κ2) is 6.50. The van der Waals surface area contributed by atoms with E-state index in [0.29, 0.717) is 23.7 Å². The van der Waals surface area contributed by atoms with Crippen LogP contribution in [0.3, 0.4) is 0 Å². The first kappa shape index (κ1) is 15.2. The molecule has 108 valence electrons. The maximum absolute atomic E-state index is 13.9. The van der Waals surface area contributed by atoms with Gasteiger partial charge in [0.05, 0.1) is 11.9 Å². The topological polar surface area (TPSA) is 54.7 Å². The van der Waals surface area contributed by atoms with Crippen LogP contribution in [0.5, 0.6) is 0 Å². The molecule has 5 heteroatoms. The molecule has 20 heavy (non-hydrogen) atoms. The molecular weight excluding hydrogens is 321 g/mol. The van der Waals surface area contributed by atoms with Crippen LogP contribution in [0.4, 0.5) is 4.39 Å². The minimum Gasteiger partial charge on any atom is -0.342 e. The van der Waals surface area contributed by atoms with Gasteiger partial charge in [-0.15, -0.1) is 0 Å². The Bertz CT molecular complexity index is 580. The van der Waals surface area contributed by atoms with E-state index in [0.717, 1.165) is 16.7 Å². The normalized spacial score (nSPS) is 12.9. The van der Waals surface area contributed by atoms with Crippen molar-refractivity contribution in [2.45, 2.75) is 26.2 Å². The highest BCUT2D eigenvalue weighted by molar-refractivity contribution is 9.10. The van der Waals surface area contributed by atoms with Crippen molar-refractivity contribution in [3.05, 3.63) is 40.5 Å². The SMILES string of the molecule is CC(C)CC(CN)c1ncc(-c2ccc(Br)cc2F)[nH]1. The Morgan fingerprint density at radius 3 is 2.75 bits per heavy atom. The van der Waals surface area contributed by atoms with Crippen LogP contribution < -0.4 is 5.73 Å². The zero-order valence-electron chi connectivity index (χ0n) is 11.7. The average Bonchev–Trinajstić information content (AvgIpc) is 2.85. The quantitative estimate of drug-likeness (QED) is 0.862.